The summed E-state index contributed by atoms with van der Waals surface area (Å²) in [5.74, 6) is -3.18. The number of carbonyl (C=O) groups excluding carboxylic acids is 1. The SMILES string of the molecule is O=C(O)c1cccn1CC(=O)N1CCCC(C(F)(F)F)C1. The summed E-state index contributed by atoms with van der Waals surface area (Å²) in [6.45, 7) is -0.347. The summed E-state index contributed by atoms with van der Waals surface area (Å²) >= 11 is 0. The molecule has 1 amide bonds. The van der Waals surface area contributed by atoms with Crippen molar-refractivity contribution in [2.75, 3.05) is 13.1 Å². The molecule has 1 aliphatic rings. The average Bonchev–Trinajstić information content (AvgIpc) is 2.86. The molecule has 116 valence electrons. The largest absolute Gasteiger partial charge is 0.477 e. The van der Waals surface area contributed by atoms with Crippen LogP contribution in [0, 0.1) is 5.92 Å². The summed E-state index contributed by atoms with van der Waals surface area (Å²) in [6.07, 6.45) is -2.56. The number of rotatable bonds is 3. The molecule has 1 unspecified atom stereocenters. The van der Waals surface area contributed by atoms with Crippen LogP contribution in [0.15, 0.2) is 18.3 Å². The Morgan fingerprint density at radius 3 is 2.71 bits per heavy atom. The van der Waals surface area contributed by atoms with Gasteiger partial charge in [-0.3, -0.25) is 4.79 Å². The average molecular weight is 304 g/mol. The molecule has 0 aromatic carbocycles. The van der Waals surface area contributed by atoms with Crippen LogP contribution in [0.4, 0.5) is 13.2 Å². The number of likely N-dealkylation sites (tertiary alicyclic amines) is 1. The fraction of sp³-hybridized carbons (Fsp3) is 0.538. The van der Waals surface area contributed by atoms with Crippen LogP contribution in [0.5, 0.6) is 0 Å². The van der Waals surface area contributed by atoms with Gasteiger partial charge in [0.15, 0.2) is 0 Å². The van der Waals surface area contributed by atoms with Gasteiger partial charge in [-0.15, -0.1) is 0 Å². The van der Waals surface area contributed by atoms with Gasteiger partial charge in [0.2, 0.25) is 5.91 Å². The Labute approximate surface area is 119 Å². The van der Waals surface area contributed by atoms with Crippen molar-refractivity contribution in [3.8, 4) is 0 Å². The molecule has 1 saturated heterocycles. The molecule has 0 spiro atoms. The fourth-order valence-corrected chi connectivity index (χ4v) is 2.46. The van der Waals surface area contributed by atoms with E-state index in [2.05, 4.69) is 0 Å². The number of hydrogen-bond acceptors (Lipinski definition) is 2. The van der Waals surface area contributed by atoms with Crippen molar-refractivity contribution >= 4 is 11.9 Å². The minimum atomic E-state index is -4.31. The minimum absolute atomic E-state index is 0.0250. The Morgan fingerprint density at radius 2 is 2.10 bits per heavy atom. The first-order valence-corrected chi connectivity index (χ1v) is 6.52. The first-order valence-electron chi connectivity index (χ1n) is 6.52. The third kappa shape index (κ3) is 3.56. The van der Waals surface area contributed by atoms with Gasteiger partial charge in [0, 0.05) is 19.3 Å². The van der Waals surface area contributed by atoms with Gasteiger partial charge >= 0.3 is 12.1 Å². The lowest BCUT2D eigenvalue weighted by atomic mass is 9.97. The van der Waals surface area contributed by atoms with Gasteiger partial charge < -0.3 is 14.6 Å². The molecule has 0 saturated carbocycles. The van der Waals surface area contributed by atoms with Gasteiger partial charge in [0.05, 0.1) is 5.92 Å². The number of hydrogen-bond donors (Lipinski definition) is 1. The first-order chi connectivity index (χ1) is 9.79. The second kappa shape index (κ2) is 5.79. The number of carboxylic acid groups (broad SMARTS) is 1. The Bertz CT molecular complexity index is 539. The normalized spacial score (nSPS) is 19.6. The van der Waals surface area contributed by atoms with E-state index in [0.717, 1.165) is 4.90 Å². The number of nitrogens with zero attached hydrogens (tertiary/aromatic N) is 2. The van der Waals surface area contributed by atoms with Crippen LogP contribution in [-0.4, -0.2) is 45.7 Å². The predicted molar refractivity (Wildman–Crippen MR) is 66.8 cm³/mol. The molecule has 1 aromatic heterocycles. The maximum absolute atomic E-state index is 12.7. The molecular formula is C13H15F3N2O3. The van der Waals surface area contributed by atoms with E-state index < -0.39 is 24.0 Å². The summed E-state index contributed by atoms with van der Waals surface area (Å²) in [4.78, 5) is 24.1. The van der Waals surface area contributed by atoms with Crippen LogP contribution in [0.2, 0.25) is 0 Å². The van der Waals surface area contributed by atoms with Gasteiger partial charge in [0.25, 0.3) is 0 Å². The summed E-state index contributed by atoms with van der Waals surface area (Å²) < 4.78 is 39.3. The van der Waals surface area contributed by atoms with E-state index >= 15 is 0 Å². The van der Waals surface area contributed by atoms with Crippen LogP contribution in [0.1, 0.15) is 23.3 Å². The van der Waals surface area contributed by atoms with E-state index in [9.17, 15) is 22.8 Å². The molecule has 0 radical (unpaired) electrons. The predicted octanol–water partition coefficient (Wildman–Crippen LogP) is 1.99. The summed E-state index contributed by atoms with van der Waals surface area (Å²) in [7, 11) is 0. The van der Waals surface area contributed by atoms with Crippen LogP contribution < -0.4 is 0 Å². The molecule has 1 atom stereocenters. The molecule has 1 aliphatic heterocycles. The number of amides is 1. The highest BCUT2D eigenvalue weighted by molar-refractivity contribution is 5.86. The number of piperidine rings is 1. The van der Waals surface area contributed by atoms with E-state index in [1.807, 2.05) is 0 Å². The van der Waals surface area contributed by atoms with Gasteiger partial charge in [-0.1, -0.05) is 0 Å². The van der Waals surface area contributed by atoms with E-state index in [1.165, 1.54) is 22.9 Å². The third-order valence-electron chi connectivity index (χ3n) is 3.59. The molecule has 1 aromatic rings. The summed E-state index contributed by atoms with van der Waals surface area (Å²) in [6, 6.07) is 2.82. The molecule has 2 rings (SSSR count). The van der Waals surface area contributed by atoms with Gasteiger partial charge in [-0.05, 0) is 25.0 Å². The molecule has 8 heteroatoms. The summed E-state index contributed by atoms with van der Waals surface area (Å²) in [5.41, 5.74) is -0.0623. The van der Waals surface area contributed by atoms with Crippen LogP contribution >= 0.6 is 0 Å². The highest BCUT2D eigenvalue weighted by Crippen LogP contribution is 2.33. The van der Waals surface area contributed by atoms with E-state index in [-0.39, 0.29) is 31.7 Å². The zero-order chi connectivity index (χ0) is 15.6. The highest BCUT2D eigenvalue weighted by atomic mass is 19.4. The Hall–Kier alpha value is -1.99. The van der Waals surface area contributed by atoms with Crippen molar-refractivity contribution in [2.24, 2.45) is 5.92 Å². The van der Waals surface area contributed by atoms with E-state index in [4.69, 9.17) is 5.11 Å². The molecule has 1 N–H and O–H groups in total. The van der Waals surface area contributed by atoms with Crippen molar-refractivity contribution < 1.29 is 27.9 Å². The van der Waals surface area contributed by atoms with Crippen molar-refractivity contribution in [1.82, 2.24) is 9.47 Å². The Balaban J connectivity index is 2.03. The fourth-order valence-electron chi connectivity index (χ4n) is 2.46. The van der Waals surface area contributed by atoms with Crippen LogP contribution in [-0.2, 0) is 11.3 Å². The van der Waals surface area contributed by atoms with E-state index in [1.54, 1.807) is 0 Å². The smallest absolute Gasteiger partial charge is 0.393 e. The molecule has 21 heavy (non-hydrogen) atoms. The maximum atomic E-state index is 12.7. The molecule has 5 nitrogen and oxygen atoms in total. The van der Waals surface area contributed by atoms with Crippen molar-refractivity contribution in [2.45, 2.75) is 25.6 Å². The zero-order valence-corrected chi connectivity index (χ0v) is 11.1. The molecule has 0 aliphatic carbocycles. The lowest BCUT2D eigenvalue weighted by Gasteiger charge is -2.33. The number of halogens is 3. The lowest BCUT2D eigenvalue weighted by Crippen LogP contribution is -2.45. The van der Waals surface area contributed by atoms with Crippen LogP contribution in [0.25, 0.3) is 0 Å². The van der Waals surface area contributed by atoms with Crippen molar-refractivity contribution in [1.29, 1.82) is 0 Å². The second-order valence-corrected chi connectivity index (χ2v) is 5.05. The monoisotopic (exact) mass is 304 g/mol. The number of carbonyl (C=O) groups is 2. The zero-order valence-electron chi connectivity index (χ0n) is 11.1. The Kier molecular flexibility index (Phi) is 4.24. The minimum Gasteiger partial charge on any atom is -0.477 e. The topological polar surface area (TPSA) is 62.5 Å². The first kappa shape index (κ1) is 15.4. The molecular weight excluding hydrogens is 289 g/mol. The van der Waals surface area contributed by atoms with E-state index in [0.29, 0.717) is 6.42 Å². The Morgan fingerprint density at radius 1 is 1.38 bits per heavy atom. The van der Waals surface area contributed by atoms with Gasteiger partial charge in [0.1, 0.15) is 12.2 Å². The quantitative estimate of drug-likeness (QED) is 0.929. The van der Waals surface area contributed by atoms with Crippen LogP contribution in [0.3, 0.4) is 0 Å². The number of alkyl halides is 3. The second-order valence-electron chi connectivity index (χ2n) is 5.05. The lowest BCUT2D eigenvalue weighted by molar-refractivity contribution is -0.188. The standard InChI is InChI=1S/C13H15F3N2O3/c14-13(15,16)9-3-1-6-18(7-9)11(19)8-17-5-2-4-10(17)12(20)21/h2,4-5,9H,1,3,6-8H2,(H,20,21). The highest BCUT2D eigenvalue weighted by Gasteiger charge is 2.42. The summed E-state index contributed by atoms with van der Waals surface area (Å²) in [5, 5.41) is 8.93. The maximum Gasteiger partial charge on any atom is 0.393 e. The third-order valence-corrected chi connectivity index (χ3v) is 3.59. The molecule has 2 heterocycles. The van der Waals surface area contributed by atoms with Gasteiger partial charge in [-0.25, -0.2) is 4.79 Å². The molecule has 0 bridgehead atoms. The van der Waals surface area contributed by atoms with Crippen molar-refractivity contribution in [3.63, 3.8) is 0 Å². The number of aromatic carboxylic acids is 1. The molecule has 1 fully saturated rings. The van der Waals surface area contributed by atoms with Gasteiger partial charge in [-0.2, -0.15) is 13.2 Å². The van der Waals surface area contributed by atoms with Crippen molar-refractivity contribution in [3.05, 3.63) is 24.0 Å². The number of carboxylic acids is 1. The number of aromatic nitrogens is 1.